The molecule has 0 fully saturated rings. The van der Waals surface area contributed by atoms with Crippen molar-refractivity contribution in [2.24, 2.45) is 4.99 Å². The summed E-state index contributed by atoms with van der Waals surface area (Å²) >= 11 is 5.04. The van der Waals surface area contributed by atoms with Gasteiger partial charge in [0.15, 0.2) is 4.80 Å². The number of hydrogen-bond acceptors (Lipinski definition) is 4. The molecule has 0 aliphatic carbocycles. The fourth-order valence-electron chi connectivity index (χ4n) is 3.08. The van der Waals surface area contributed by atoms with Gasteiger partial charge in [0.2, 0.25) is 0 Å². The van der Waals surface area contributed by atoms with E-state index < -0.39 is 0 Å². The van der Waals surface area contributed by atoms with Gasteiger partial charge in [-0.05, 0) is 43.2 Å². The van der Waals surface area contributed by atoms with E-state index in [0.29, 0.717) is 21.9 Å². The summed E-state index contributed by atoms with van der Waals surface area (Å²) in [6.45, 7) is 4.90. The molecule has 3 rings (SSSR count). The smallest absolute Gasteiger partial charge is 0.279 e. The van der Waals surface area contributed by atoms with Crippen molar-refractivity contribution < 1.29 is 14.3 Å². The Morgan fingerprint density at radius 3 is 2.21 bits per heavy atom. The second kappa shape index (κ2) is 9.41. The number of aryl methyl sites for hydroxylation is 1. The molecule has 7 heteroatoms. The highest BCUT2D eigenvalue weighted by atomic mass is 79.9. The second-order valence-corrected chi connectivity index (χ2v) is 8.26. The van der Waals surface area contributed by atoms with Crippen LogP contribution in [0.15, 0.2) is 51.9 Å². The van der Waals surface area contributed by atoms with Crippen LogP contribution in [-0.2, 0) is 13.0 Å². The number of methoxy groups -OCH3 is 2. The number of halogens is 1. The largest absolute Gasteiger partial charge is 0.497 e. The predicted octanol–water partition coefficient (Wildman–Crippen LogP) is 5.32. The second-order valence-electron chi connectivity index (χ2n) is 6.28. The number of carbonyl (C=O) groups is 1. The fourth-order valence-corrected chi connectivity index (χ4v) is 4.50. The zero-order chi connectivity index (χ0) is 21.0. The molecule has 5 nitrogen and oxygen atoms in total. The fraction of sp³-hybridized carbons (Fsp3) is 0.273. The maximum absolute atomic E-state index is 12.9. The van der Waals surface area contributed by atoms with Crippen molar-refractivity contribution in [2.75, 3.05) is 14.2 Å². The van der Waals surface area contributed by atoms with Gasteiger partial charge >= 0.3 is 0 Å². The number of nitrogens with zero attached hydrogens (tertiary/aromatic N) is 2. The molecular formula is C22H23BrN2O3S. The maximum Gasteiger partial charge on any atom is 0.279 e. The lowest BCUT2D eigenvalue weighted by molar-refractivity contribution is 0.0997. The summed E-state index contributed by atoms with van der Waals surface area (Å²) in [7, 11) is 3.12. The Morgan fingerprint density at radius 1 is 1.07 bits per heavy atom. The van der Waals surface area contributed by atoms with Gasteiger partial charge in [-0.15, -0.1) is 11.3 Å². The van der Waals surface area contributed by atoms with Crippen LogP contribution >= 0.6 is 27.3 Å². The van der Waals surface area contributed by atoms with E-state index in [2.05, 4.69) is 51.5 Å². The maximum atomic E-state index is 12.9. The molecule has 0 saturated carbocycles. The molecule has 0 saturated heterocycles. The highest BCUT2D eigenvalue weighted by Gasteiger charge is 2.15. The first kappa shape index (κ1) is 21.3. The van der Waals surface area contributed by atoms with Crippen molar-refractivity contribution in [3.05, 3.63) is 62.2 Å². The first-order valence-electron chi connectivity index (χ1n) is 9.31. The van der Waals surface area contributed by atoms with Crippen molar-refractivity contribution in [1.82, 2.24) is 4.57 Å². The third-order valence-electron chi connectivity index (χ3n) is 4.53. The molecule has 0 aliphatic heterocycles. The minimum absolute atomic E-state index is 0.323. The van der Waals surface area contributed by atoms with E-state index in [-0.39, 0.29) is 5.91 Å². The molecule has 0 unspecified atom stereocenters. The van der Waals surface area contributed by atoms with Crippen LogP contribution in [0.25, 0.3) is 11.3 Å². The Kier molecular flexibility index (Phi) is 6.92. The van der Waals surface area contributed by atoms with Gasteiger partial charge in [-0.3, -0.25) is 4.79 Å². The van der Waals surface area contributed by atoms with Crippen LogP contribution in [-0.4, -0.2) is 24.7 Å². The van der Waals surface area contributed by atoms with E-state index in [1.807, 2.05) is 12.1 Å². The number of hydrogen-bond donors (Lipinski definition) is 0. The summed E-state index contributed by atoms with van der Waals surface area (Å²) in [5.74, 6) is 0.792. The lowest BCUT2D eigenvalue weighted by Gasteiger charge is -2.09. The number of rotatable bonds is 6. The molecule has 0 aliphatic rings. The summed E-state index contributed by atoms with van der Waals surface area (Å²) in [4.78, 5) is 19.3. The molecular weight excluding hydrogens is 452 g/mol. The van der Waals surface area contributed by atoms with Crippen LogP contribution in [0.4, 0.5) is 0 Å². The average Bonchev–Trinajstić information content (AvgIpc) is 3.10. The van der Waals surface area contributed by atoms with Crippen molar-refractivity contribution in [2.45, 2.75) is 26.8 Å². The van der Waals surface area contributed by atoms with Crippen LogP contribution in [0.3, 0.4) is 0 Å². The van der Waals surface area contributed by atoms with Crippen LogP contribution in [0, 0.1) is 0 Å². The molecule has 152 valence electrons. The first-order chi connectivity index (χ1) is 14.0. The minimum Gasteiger partial charge on any atom is -0.497 e. The van der Waals surface area contributed by atoms with Gasteiger partial charge < -0.3 is 14.0 Å². The molecule has 0 radical (unpaired) electrons. The quantitative estimate of drug-likeness (QED) is 0.485. The van der Waals surface area contributed by atoms with Crippen LogP contribution in [0.5, 0.6) is 11.5 Å². The zero-order valence-corrected chi connectivity index (χ0v) is 19.3. The van der Waals surface area contributed by atoms with Gasteiger partial charge in [0.05, 0.1) is 19.9 Å². The normalized spacial score (nSPS) is 11.6. The summed E-state index contributed by atoms with van der Waals surface area (Å²) in [6.07, 6.45) is 0.868. The number of thiazole rings is 1. The molecule has 29 heavy (non-hydrogen) atoms. The van der Waals surface area contributed by atoms with E-state index in [1.165, 1.54) is 4.88 Å². The Balaban J connectivity index is 2.12. The Labute approximate surface area is 182 Å². The standard InChI is InChI=1S/C22H23BrN2O3S/c1-5-19-20(14-7-9-16(23)10-8-14)25(6-2)22(29-19)24-21(26)15-11-17(27-3)13-18(12-15)28-4/h7-13H,5-6H2,1-4H3. The molecule has 0 bridgehead atoms. The molecule has 0 N–H and O–H groups in total. The third-order valence-corrected chi connectivity index (χ3v) is 6.28. The Bertz CT molecular complexity index is 1060. The van der Waals surface area contributed by atoms with Gasteiger partial charge in [-0.1, -0.05) is 35.0 Å². The van der Waals surface area contributed by atoms with Crippen molar-refractivity contribution in [3.63, 3.8) is 0 Å². The van der Waals surface area contributed by atoms with E-state index in [0.717, 1.165) is 28.7 Å². The average molecular weight is 475 g/mol. The number of amides is 1. The minimum atomic E-state index is -0.323. The van der Waals surface area contributed by atoms with Gasteiger partial charge in [0.1, 0.15) is 11.5 Å². The van der Waals surface area contributed by atoms with E-state index in [1.54, 1.807) is 43.8 Å². The van der Waals surface area contributed by atoms with Gasteiger partial charge in [-0.25, -0.2) is 0 Å². The van der Waals surface area contributed by atoms with E-state index in [4.69, 9.17) is 9.47 Å². The lowest BCUT2D eigenvalue weighted by atomic mass is 10.1. The number of benzene rings is 2. The SMILES string of the molecule is CCc1sc(=NC(=O)c2cc(OC)cc(OC)c2)n(CC)c1-c1ccc(Br)cc1. The summed E-state index contributed by atoms with van der Waals surface area (Å²) in [5, 5.41) is 0. The van der Waals surface area contributed by atoms with Crippen LogP contribution < -0.4 is 14.3 Å². The molecule has 3 aromatic rings. The molecule has 1 aromatic heterocycles. The van der Waals surface area contributed by atoms with Crippen molar-refractivity contribution in [3.8, 4) is 22.8 Å². The first-order valence-corrected chi connectivity index (χ1v) is 10.9. The number of ether oxygens (including phenoxy) is 2. The predicted molar refractivity (Wildman–Crippen MR) is 120 cm³/mol. The van der Waals surface area contributed by atoms with Crippen molar-refractivity contribution >= 4 is 33.2 Å². The summed E-state index contributed by atoms with van der Waals surface area (Å²) in [5.41, 5.74) is 2.66. The van der Waals surface area contributed by atoms with Crippen LogP contribution in [0.1, 0.15) is 29.1 Å². The third kappa shape index (κ3) is 4.62. The molecule has 0 atom stereocenters. The zero-order valence-electron chi connectivity index (χ0n) is 16.9. The van der Waals surface area contributed by atoms with Crippen LogP contribution in [0.2, 0.25) is 0 Å². The molecule has 1 amide bonds. The summed E-state index contributed by atoms with van der Waals surface area (Å²) < 4.78 is 13.7. The monoisotopic (exact) mass is 474 g/mol. The molecule has 2 aromatic carbocycles. The highest BCUT2D eigenvalue weighted by molar-refractivity contribution is 9.10. The summed E-state index contributed by atoms with van der Waals surface area (Å²) in [6, 6.07) is 13.3. The highest BCUT2D eigenvalue weighted by Crippen LogP contribution is 2.28. The molecule has 0 spiro atoms. The van der Waals surface area contributed by atoms with E-state index >= 15 is 0 Å². The van der Waals surface area contributed by atoms with Gasteiger partial charge in [-0.2, -0.15) is 4.99 Å². The number of aromatic nitrogens is 1. The van der Waals surface area contributed by atoms with E-state index in [9.17, 15) is 4.79 Å². The lowest BCUT2D eigenvalue weighted by Crippen LogP contribution is -2.17. The Hall–Kier alpha value is -2.38. The number of carbonyl (C=O) groups excluding carboxylic acids is 1. The topological polar surface area (TPSA) is 52.8 Å². The Morgan fingerprint density at radius 2 is 1.69 bits per heavy atom. The van der Waals surface area contributed by atoms with Crippen molar-refractivity contribution in [1.29, 1.82) is 0 Å². The van der Waals surface area contributed by atoms with Gasteiger partial charge in [0.25, 0.3) is 5.91 Å². The molecule has 1 heterocycles. The van der Waals surface area contributed by atoms with Gasteiger partial charge in [0, 0.05) is 27.5 Å².